The molecule has 2 amide bonds. The van der Waals surface area contributed by atoms with Crippen molar-refractivity contribution in [2.45, 2.75) is 26.4 Å². The van der Waals surface area contributed by atoms with Gasteiger partial charge in [-0.1, -0.05) is 12.1 Å². The fourth-order valence-electron chi connectivity index (χ4n) is 2.45. The van der Waals surface area contributed by atoms with Crippen molar-refractivity contribution >= 4 is 11.8 Å². The number of nitrogens with zero attached hydrogens (tertiary/aromatic N) is 1. The Morgan fingerprint density at radius 2 is 1.59 bits per heavy atom. The van der Waals surface area contributed by atoms with E-state index >= 15 is 0 Å². The summed E-state index contributed by atoms with van der Waals surface area (Å²) >= 11 is 0. The number of carbonyl (C=O) groups excluding carboxylic acids is 2. The van der Waals surface area contributed by atoms with Gasteiger partial charge in [0.25, 0.3) is 5.91 Å². The molecule has 7 heteroatoms. The van der Waals surface area contributed by atoms with Crippen LogP contribution in [0, 0.1) is 11.6 Å². The molecule has 0 aliphatic carbocycles. The minimum atomic E-state index is -0.737. The summed E-state index contributed by atoms with van der Waals surface area (Å²) in [6.45, 7) is 3.66. The van der Waals surface area contributed by atoms with Gasteiger partial charge in [-0.15, -0.1) is 0 Å². The third kappa shape index (κ3) is 6.06. The zero-order valence-electron chi connectivity index (χ0n) is 15.2. The highest BCUT2D eigenvalue weighted by atomic mass is 19.1. The summed E-state index contributed by atoms with van der Waals surface area (Å²) < 4.78 is 31.5. The lowest BCUT2D eigenvalue weighted by Gasteiger charge is -2.28. The van der Waals surface area contributed by atoms with Crippen LogP contribution in [0.3, 0.4) is 0 Å². The van der Waals surface area contributed by atoms with Crippen molar-refractivity contribution in [2.24, 2.45) is 0 Å². The van der Waals surface area contributed by atoms with E-state index in [-0.39, 0.29) is 24.9 Å². The fraction of sp³-hybridized carbons (Fsp3) is 0.300. The molecular weight excluding hydrogens is 354 g/mol. The lowest BCUT2D eigenvalue weighted by Crippen LogP contribution is -2.49. The Kier molecular flexibility index (Phi) is 7.28. The molecule has 0 spiro atoms. The smallest absolute Gasteiger partial charge is 0.261 e. The van der Waals surface area contributed by atoms with Crippen molar-refractivity contribution in [3.05, 3.63) is 65.7 Å². The van der Waals surface area contributed by atoms with Crippen LogP contribution < -0.4 is 10.1 Å². The summed E-state index contributed by atoms with van der Waals surface area (Å²) in [4.78, 5) is 26.2. The molecule has 0 fully saturated rings. The van der Waals surface area contributed by atoms with Crippen LogP contribution in [0.4, 0.5) is 8.78 Å². The van der Waals surface area contributed by atoms with Crippen molar-refractivity contribution in [2.75, 3.05) is 13.2 Å². The van der Waals surface area contributed by atoms with Gasteiger partial charge in [0.05, 0.1) is 0 Å². The van der Waals surface area contributed by atoms with Crippen LogP contribution in [0.1, 0.15) is 19.4 Å². The molecule has 0 aliphatic heterocycles. The molecular formula is C20H22F2N2O3. The Balaban J connectivity index is 2.11. The molecule has 0 unspecified atom stereocenters. The van der Waals surface area contributed by atoms with Gasteiger partial charge in [-0.05, 0) is 55.8 Å². The van der Waals surface area contributed by atoms with Crippen LogP contribution in [0.2, 0.25) is 0 Å². The summed E-state index contributed by atoms with van der Waals surface area (Å²) in [6.07, 6.45) is 0. The monoisotopic (exact) mass is 376 g/mol. The quantitative estimate of drug-likeness (QED) is 0.771. The van der Waals surface area contributed by atoms with Gasteiger partial charge in [0.2, 0.25) is 5.91 Å². The first kappa shape index (κ1) is 20.4. The molecule has 144 valence electrons. The van der Waals surface area contributed by atoms with Crippen LogP contribution in [-0.4, -0.2) is 35.9 Å². The van der Waals surface area contributed by atoms with Gasteiger partial charge < -0.3 is 15.0 Å². The Morgan fingerprint density at radius 3 is 2.15 bits per heavy atom. The molecule has 2 aromatic rings. The third-order valence-corrected chi connectivity index (χ3v) is 3.96. The average Bonchev–Trinajstić information content (AvgIpc) is 2.66. The van der Waals surface area contributed by atoms with Crippen LogP contribution in [0.15, 0.2) is 48.5 Å². The van der Waals surface area contributed by atoms with Gasteiger partial charge in [-0.25, -0.2) is 8.78 Å². The topological polar surface area (TPSA) is 58.6 Å². The molecule has 27 heavy (non-hydrogen) atoms. The van der Waals surface area contributed by atoms with E-state index in [0.717, 1.165) is 0 Å². The van der Waals surface area contributed by atoms with Crippen molar-refractivity contribution < 1.29 is 23.1 Å². The first-order valence-corrected chi connectivity index (χ1v) is 8.60. The van der Waals surface area contributed by atoms with Gasteiger partial charge in [-0.2, -0.15) is 0 Å². The first-order valence-electron chi connectivity index (χ1n) is 8.60. The SMILES string of the molecule is CCNC(=O)[C@@H](C)N(Cc1ccc(F)cc1)C(=O)COc1ccc(F)cc1. The Morgan fingerprint density at radius 1 is 1.04 bits per heavy atom. The minimum absolute atomic E-state index is 0.129. The maximum Gasteiger partial charge on any atom is 0.261 e. The highest BCUT2D eigenvalue weighted by Crippen LogP contribution is 2.14. The Bertz CT molecular complexity index is 764. The number of ether oxygens (including phenoxy) is 1. The zero-order chi connectivity index (χ0) is 19.8. The van der Waals surface area contributed by atoms with Crippen LogP contribution >= 0.6 is 0 Å². The molecule has 0 aromatic heterocycles. The third-order valence-electron chi connectivity index (χ3n) is 3.96. The maximum atomic E-state index is 13.1. The standard InChI is InChI=1S/C20H22F2N2O3/c1-3-23-20(26)14(2)24(12-15-4-6-16(21)7-5-15)19(25)13-27-18-10-8-17(22)9-11-18/h4-11,14H,3,12-13H2,1-2H3,(H,23,26)/t14-/m1/s1. The summed E-state index contributed by atoms with van der Waals surface area (Å²) in [5, 5.41) is 2.68. The highest BCUT2D eigenvalue weighted by molar-refractivity contribution is 5.87. The van der Waals surface area contributed by atoms with E-state index in [9.17, 15) is 18.4 Å². The predicted octanol–water partition coefficient (Wildman–Crippen LogP) is 2.90. The van der Waals surface area contributed by atoms with Crippen LogP contribution in [-0.2, 0) is 16.1 Å². The highest BCUT2D eigenvalue weighted by Gasteiger charge is 2.26. The number of rotatable bonds is 8. The number of carbonyl (C=O) groups is 2. The number of hydrogen-bond donors (Lipinski definition) is 1. The molecule has 0 aliphatic rings. The summed E-state index contributed by atoms with van der Waals surface area (Å²) in [5.74, 6) is -1.15. The molecule has 1 atom stereocenters. The van der Waals surface area contributed by atoms with Gasteiger partial charge in [-0.3, -0.25) is 9.59 Å². The average molecular weight is 376 g/mol. The van der Waals surface area contributed by atoms with E-state index in [4.69, 9.17) is 4.74 Å². The molecule has 0 saturated carbocycles. The molecule has 0 radical (unpaired) electrons. The minimum Gasteiger partial charge on any atom is -0.484 e. The van der Waals surface area contributed by atoms with Crippen molar-refractivity contribution in [1.82, 2.24) is 10.2 Å². The normalized spacial score (nSPS) is 11.6. The number of likely N-dealkylation sites (N-methyl/N-ethyl adjacent to an activating group) is 1. The van der Waals surface area contributed by atoms with E-state index in [1.165, 1.54) is 41.3 Å². The lowest BCUT2D eigenvalue weighted by molar-refractivity contribution is -0.142. The number of benzene rings is 2. The molecule has 0 heterocycles. The molecule has 2 rings (SSSR count). The Labute approximate surface area is 156 Å². The fourth-order valence-corrected chi connectivity index (χ4v) is 2.45. The molecule has 0 saturated heterocycles. The van der Waals surface area contributed by atoms with Gasteiger partial charge in [0.15, 0.2) is 6.61 Å². The van der Waals surface area contributed by atoms with Gasteiger partial charge >= 0.3 is 0 Å². The Hall–Kier alpha value is -2.96. The second-order valence-electron chi connectivity index (χ2n) is 5.96. The molecule has 1 N–H and O–H groups in total. The second kappa shape index (κ2) is 9.66. The number of nitrogens with one attached hydrogen (secondary N) is 1. The van der Waals surface area contributed by atoms with Crippen molar-refractivity contribution in [3.63, 3.8) is 0 Å². The van der Waals surface area contributed by atoms with E-state index < -0.39 is 17.8 Å². The zero-order valence-corrected chi connectivity index (χ0v) is 15.2. The summed E-state index contributed by atoms with van der Waals surface area (Å²) in [6, 6.07) is 10.3. The van der Waals surface area contributed by atoms with Crippen molar-refractivity contribution in [3.8, 4) is 5.75 Å². The summed E-state index contributed by atoms with van der Waals surface area (Å²) in [5.41, 5.74) is 0.683. The van der Waals surface area contributed by atoms with Crippen molar-refractivity contribution in [1.29, 1.82) is 0 Å². The van der Waals surface area contributed by atoms with Crippen LogP contribution in [0.25, 0.3) is 0 Å². The summed E-state index contributed by atoms with van der Waals surface area (Å²) in [7, 11) is 0. The molecule has 5 nitrogen and oxygen atoms in total. The largest absolute Gasteiger partial charge is 0.484 e. The van der Waals surface area contributed by atoms with E-state index in [0.29, 0.717) is 17.9 Å². The van der Waals surface area contributed by atoms with Gasteiger partial charge in [0, 0.05) is 13.1 Å². The van der Waals surface area contributed by atoms with E-state index in [1.807, 2.05) is 0 Å². The molecule has 2 aromatic carbocycles. The maximum absolute atomic E-state index is 13.1. The predicted molar refractivity (Wildman–Crippen MR) is 97.0 cm³/mol. The van der Waals surface area contributed by atoms with Crippen LogP contribution in [0.5, 0.6) is 5.75 Å². The lowest BCUT2D eigenvalue weighted by atomic mass is 10.1. The second-order valence-corrected chi connectivity index (χ2v) is 5.96. The van der Waals surface area contributed by atoms with E-state index in [1.54, 1.807) is 26.0 Å². The number of amides is 2. The van der Waals surface area contributed by atoms with E-state index in [2.05, 4.69) is 5.32 Å². The number of halogens is 2. The van der Waals surface area contributed by atoms with Gasteiger partial charge in [0.1, 0.15) is 23.4 Å². The molecule has 0 bridgehead atoms. The first-order chi connectivity index (χ1) is 12.9. The number of hydrogen-bond acceptors (Lipinski definition) is 3.